The predicted octanol–water partition coefficient (Wildman–Crippen LogP) is 3.61. The summed E-state index contributed by atoms with van der Waals surface area (Å²) in [5.74, 6) is 0.676. The molecule has 6 nitrogen and oxygen atoms in total. The van der Waals surface area contributed by atoms with Crippen LogP contribution in [-0.4, -0.2) is 24.9 Å². The van der Waals surface area contributed by atoms with Gasteiger partial charge in [0, 0.05) is 5.69 Å². The molecule has 0 radical (unpaired) electrons. The predicted molar refractivity (Wildman–Crippen MR) is 97.0 cm³/mol. The molecule has 0 saturated heterocycles. The summed E-state index contributed by atoms with van der Waals surface area (Å²) in [5, 5.41) is 18.3. The van der Waals surface area contributed by atoms with E-state index in [4.69, 9.17) is 0 Å². The molecule has 0 aliphatic rings. The number of aliphatic hydroxyl groups excluding tert-OH is 1. The number of aromatic nitrogens is 4. The van der Waals surface area contributed by atoms with Crippen LogP contribution in [0.25, 0.3) is 16.7 Å². The summed E-state index contributed by atoms with van der Waals surface area (Å²) in [6.07, 6.45) is 2.75. The molecule has 0 aliphatic carbocycles. The lowest BCUT2D eigenvalue weighted by Crippen LogP contribution is -2.00. The van der Waals surface area contributed by atoms with Crippen LogP contribution in [-0.2, 0) is 0 Å². The second-order valence-corrected chi connectivity index (χ2v) is 5.78. The van der Waals surface area contributed by atoms with Crippen LogP contribution in [0.2, 0.25) is 0 Å². The smallest absolute Gasteiger partial charge is 0.168 e. The van der Waals surface area contributed by atoms with E-state index in [1.54, 1.807) is 17.8 Å². The quantitative estimate of drug-likeness (QED) is 0.597. The lowest BCUT2D eigenvalue weighted by Gasteiger charge is -2.10. The minimum absolute atomic E-state index is 0.520. The van der Waals surface area contributed by atoms with Crippen LogP contribution < -0.4 is 5.32 Å². The summed E-state index contributed by atoms with van der Waals surface area (Å²) in [6, 6.07) is 17.5. The number of rotatable bonds is 4. The van der Waals surface area contributed by atoms with Gasteiger partial charge >= 0.3 is 0 Å². The highest BCUT2D eigenvalue weighted by Crippen LogP contribution is 2.25. The van der Waals surface area contributed by atoms with Crippen LogP contribution in [0.5, 0.6) is 0 Å². The van der Waals surface area contributed by atoms with E-state index in [0.29, 0.717) is 5.82 Å². The van der Waals surface area contributed by atoms with Crippen molar-refractivity contribution in [2.45, 2.75) is 13.0 Å². The summed E-state index contributed by atoms with van der Waals surface area (Å²) in [5.41, 5.74) is 3.37. The Hall–Kier alpha value is -3.25. The zero-order valence-electron chi connectivity index (χ0n) is 13.7. The Morgan fingerprint density at radius 3 is 2.68 bits per heavy atom. The summed E-state index contributed by atoms with van der Waals surface area (Å²) < 4.78 is 1.79. The lowest BCUT2D eigenvalue weighted by atomic mass is 10.1. The van der Waals surface area contributed by atoms with E-state index in [9.17, 15) is 5.11 Å². The van der Waals surface area contributed by atoms with Crippen molar-refractivity contribution in [1.29, 1.82) is 0 Å². The highest BCUT2D eigenvalue weighted by molar-refractivity contribution is 5.89. The molecule has 0 spiro atoms. The van der Waals surface area contributed by atoms with Gasteiger partial charge in [0.25, 0.3) is 0 Å². The van der Waals surface area contributed by atoms with Crippen molar-refractivity contribution < 1.29 is 5.11 Å². The molecule has 0 amide bonds. The Kier molecular flexibility index (Phi) is 3.87. The van der Waals surface area contributed by atoms with E-state index in [0.717, 1.165) is 28.0 Å². The van der Waals surface area contributed by atoms with E-state index < -0.39 is 6.10 Å². The van der Waals surface area contributed by atoms with Gasteiger partial charge in [-0.2, -0.15) is 5.10 Å². The molecule has 4 aromatic rings. The standard InChI is InChI=1S/C19H17N5O/c1-13(25)14-6-5-7-15(10-14)23-18-17-11-22-24(19(17)21-12-20-18)16-8-3-2-4-9-16/h2-13,25H,1H3,(H,20,21,23). The van der Waals surface area contributed by atoms with Crippen LogP contribution >= 0.6 is 0 Å². The van der Waals surface area contributed by atoms with Crippen molar-refractivity contribution in [3.63, 3.8) is 0 Å². The van der Waals surface area contributed by atoms with Crippen molar-refractivity contribution in [3.8, 4) is 5.69 Å². The van der Waals surface area contributed by atoms with E-state index >= 15 is 0 Å². The third-order valence-corrected chi connectivity index (χ3v) is 4.00. The van der Waals surface area contributed by atoms with Gasteiger partial charge in [0.1, 0.15) is 12.1 Å². The highest BCUT2D eigenvalue weighted by atomic mass is 16.3. The molecule has 0 bridgehead atoms. The van der Waals surface area contributed by atoms with Gasteiger partial charge in [0.05, 0.1) is 23.4 Å². The second kappa shape index (κ2) is 6.33. The van der Waals surface area contributed by atoms with E-state index in [1.165, 1.54) is 6.33 Å². The number of fused-ring (bicyclic) bond motifs is 1. The van der Waals surface area contributed by atoms with Crippen LogP contribution in [0.15, 0.2) is 67.1 Å². The zero-order valence-corrected chi connectivity index (χ0v) is 13.7. The molecule has 0 aliphatic heterocycles. The number of nitrogens with zero attached hydrogens (tertiary/aromatic N) is 4. The minimum atomic E-state index is -0.520. The normalized spacial score (nSPS) is 12.2. The van der Waals surface area contributed by atoms with Crippen molar-refractivity contribution >= 4 is 22.5 Å². The number of anilines is 2. The van der Waals surface area contributed by atoms with Crippen molar-refractivity contribution in [2.75, 3.05) is 5.32 Å². The molecule has 4 rings (SSSR count). The number of hydrogen-bond donors (Lipinski definition) is 2. The summed E-state index contributed by atoms with van der Waals surface area (Å²) in [6.45, 7) is 1.74. The average molecular weight is 331 g/mol. The van der Waals surface area contributed by atoms with Crippen molar-refractivity contribution in [1.82, 2.24) is 19.7 Å². The first-order chi connectivity index (χ1) is 12.2. The summed E-state index contributed by atoms with van der Waals surface area (Å²) >= 11 is 0. The first-order valence-corrected chi connectivity index (χ1v) is 8.01. The Morgan fingerprint density at radius 1 is 1.04 bits per heavy atom. The van der Waals surface area contributed by atoms with Gasteiger partial charge in [0.2, 0.25) is 0 Å². The Bertz CT molecular complexity index is 1010. The zero-order chi connectivity index (χ0) is 17.2. The Labute approximate surface area is 144 Å². The molecule has 0 fully saturated rings. The fourth-order valence-corrected chi connectivity index (χ4v) is 2.71. The summed E-state index contributed by atoms with van der Waals surface area (Å²) in [7, 11) is 0. The molecule has 0 saturated carbocycles. The number of benzene rings is 2. The fraction of sp³-hybridized carbons (Fsp3) is 0.105. The van der Waals surface area contributed by atoms with Crippen LogP contribution in [0.3, 0.4) is 0 Å². The molecule has 2 N–H and O–H groups in total. The van der Waals surface area contributed by atoms with E-state index in [2.05, 4.69) is 20.4 Å². The number of para-hydroxylation sites is 1. The lowest BCUT2D eigenvalue weighted by molar-refractivity contribution is 0.199. The Balaban J connectivity index is 1.74. The minimum Gasteiger partial charge on any atom is -0.389 e. The summed E-state index contributed by atoms with van der Waals surface area (Å²) in [4.78, 5) is 8.72. The van der Waals surface area contributed by atoms with Gasteiger partial charge in [-0.05, 0) is 36.8 Å². The number of nitrogens with one attached hydrogen (secondary N) is 1. The first-order valence-electron chi connectivity index (χ1n) is 8.01. The van der Waals surface area contributed by atoms with Crippen molar-refractivity contribution in [3.05, 3.63) is 72.7 Å². The molecular formula is C19H17N5O. The molecule has 25 heavy (non-hydrogen) atoms. The molecule has 2 heterocycles. The number of hydrogen-bond acceptors (Lipinski definition) is 5. The molecule has 124 valence electrons. The van der Waals surface area contributed by atoms with Gasteiger partial charge in [-0.1, -0.05) is 30.3 Å². The maximum absolute atomic E-state index is 9.75. The molecule has 6 heteroatoms. The first kappa shape index (κ1) is 15.3. The van der Waals surface area contributed by atoms with Gasteiger partial charge in [-0.25, -0.2) is 14.6 Å². The largest absolute Gasteiger partial charge is 0.389 e. The van der Waals surface area contributed by atoms with Crippen molar-refractivity contribution in [2.24, 2.45) is 0 Å². The van der Waals surface area contributed by atoms with Crippen LogP contribution in [0.1, 0.15) is 18.6 Å². The van der Waals surface area contributed by atoms with E-state index in [1.807, 2.05) is 54.6 Å². The topological polar surface area (TPSA) is 75.9 Å². The maximum Gasteiger partial charge on any atom is 0.168 e. The van der Waals surface area contributed by atoms with Gasteiger partial charge in [0.15, 0.2) is 5.65 Å². The van der Waals surface area contributed by atoms with Gasteiger partial charge in [-0.3, -0.25) is 0 Å². The third-order valence-electron chi connectivity index (χ3n) is 4.00. The van der Waals surface area contributed by atoms with Gasteiger partial charge in [-0.15, -0.1) is 0 Å². The Morgan fingerprint density at radius 2 is 1.88 bits per heavy atom. The van der Waals surface area contributed by atoms with Crippen LogP contribution in [0.4, 0.5) is 11.5 Å². The van der Waals surface area contributed by atoms with Crippen LogP contribution in [0, 0.1) is 0 Å². The second-order valence-electron chi connectivity index (χ2n) is 5.78. The molecular weight excluding hydrogens is 314 g/mol. The molecule has 2 aromatic carbocycles. The van der Waals surface area contributed by atoms with Gasteiger partial charge < -0.3 is 10.4 Å². The molecule has 2 aromatic heterocycles. The highest BCUT2D eigenvalue weighted by Gasteiger charge is 2.11. The third kappa shape index (κ3) is 2.95. The van der Waals surface area contributed by atoms with E-state index in [-0.39, 0.29) is 0 Å². The maximum atomic E-state index is 9.75. The monoisotopic (exact) mass is 331 g/mol. The average Bonchev–Trinajstić information content (AvgIpc) is 3.08. The SMILES string of the molecule is CC(O)c1cccc(Nc2ncnc3c2cnn3-c2ccccc2)c1. The molecule has 1 unspecified atom stereocenters. The fourth-order valence-electron chi connectivity index (χ4n) is 2.71. The molecule has 1 atom stereocenters. The number of aliphatic hydroxyl groups is 1.